The minimum atomic E-state index is -0.563. The van der Waals surface area contributed by atoms with Crippen molar-refractivity contribution in [1.29, 1.82) is 0 Å². The normalized spacial score (nSPS) is 9.27. The molecule has 0 spiro atoms. The third-order valence-electron chi connectivity index (χ3n) is 0.994. The molecule has 0 saturated heterocycles. The summed E-state index contributed by atoms with van der Waals surface area (Å²) in [5, 5.41) is 0.264. The van der Waals surface area contributed by atoms with Gasteiger partial charge in [-0.05, 0) is 12.1 Å². The lowest BCUT2D eigenvalue weighted by Gasteiger charge is -1.94. The van der Waals surface area contributed by atoms with Crippen LogP contribution < -0.4 is 0 Å². The molecule has 58 valence electrons. The van der Waals surface area contributed by atoms with Crippen LogP contribution in [0, 0.1) is 0 Å². The van der Waals surface area contributed by atoms with Gasteiger partial charge >= 0.3 is 5.97 Å². The van der Waals surface area contributed by atoms with Crippen molar-refractivity contribution in [3.8, 4) is 0 Å². The molecule has 0 aromatic carbocycles. The third kappa shape index (κ3) is 2.17. The SMILES string of the molecule is O=C(OBr)c1cccc(Cl)n1. The Morgan fingerprint density at radius 3 is 2.91 bits per heavy atom. The summed E-state index contributed by atoms with van der Waals surface area (Å²) in [5.74, 6) is -0.563. The number of pyridine rings is 1. The van der Waals surface area contributed by atoms with Gasteiger partial charge in [-0.15, -0.1) is 0 Å². The molecule has 1 rings (SSSR count). The fourth-order valence-corrected chi connectivity index (χ4v) is 0.891. The second-order valence-corrected chi connectivity index (χ2v) is 2.42. The molecule has 0 radical (unpaired) electrons. The molecule has 0 atom stereocenters. The molecular formula is C6H3BrClNO2. The Morgan fingerprint density at radius 1 is 1.64 bits per heavy atom. The zero-order chi connectivity index (χ0) is 8.27. The average molecular weight is 236 g/mol. The van der Waals surface area contributed by atoms with Crippen molar-refractivity contribution in [3.63, 3.8) is 0 Å². The Bertz CT molecular complexity index is 279. The molecule has 5 heteroatoms. The van der Waals surface area contributed by atoms with Crippen molar-refractivity contribution in [2.24, 2.45) is 0 Å². The highest BCUT2D eigenvalue weighted by Gasteiger charge is 2.06. The molecule has 11 heavy (non-hydrogen) atoms. The Balaban J connectivity index is 2.96. The minimum absolute atomic E-state index is 0.175. The van der Waals surface area contributed by atoms with E-state index in [0.29, 0.717) is 0 Å². The smallest absolute Gasteiger partial charge is 0.368 e. The van der Waals surface area contributed by atoms with E-state index in [-0.39, 0.29) is 10.8 Å². The first-order valence-electron chi connectivity index (χ1n) is 2.69. The number of hydrogen-bond donors (Lipinski definition) is 0. The van der Waals surface area contributed by atoms with E-state index in [0.717, 1.165) is 0 Å². The van der Waals surface area contributed by atoms with Gasteiger partial charge in [-0.2, -0.15) is 0 Å². The van der Waals surface area contributed by atoms with Crippen molar-refractivity contribution in [3.05, 3.63) is 29.0 Å². The van der Waals surface area contributed by atoms with Gasteiger partial charge in [0.25, 0.3) is 0 Å². The summed E-state index contributed by atoms with van der Waals surface area (Å²) in [6.07, 6.45) is 0. The molecule has 0 aliphatic rings. The lowest BCUT2D eigenvalue weighted by molar-refractivity contribution is 0.0776. The highest BCUT2D eigenvalue weighted by Crippen LogP contribution is 2.06. The minimum Gasteiger partial charge on any atom is -0.379 e. The fourth-order valence-electron chi connectivity index (χ4n) is 0.561. The molecule has 0 aliphatic heterocycles. The van der Waals surface area contributed by atoms with Crippen molar-refractivity contribution >= 4 is 33.8 Å². The van der Waals surface area contributed by atoms with Crippen LogP contribution in [0.5, 0.6) is 0 Å². The number of nitrogens with zero attached hydrogens (tertiary/aromatic N) is 1. The lowest BCUT2D eigenvalue weighted by atomic mass is 10.4. The van der Waals surface area contributed by atoms with E-state index in [1.54, 1.807) is 12.1 Å². The van der Waals surface area contributed by atoms with Gasteiger partial charge in [0, 0.05) is 0 Å². The van der Waals surface area contributed by atoms with E-state index in [9.17, 15) is 4.79 Å². The van der Waals surface area contributed by atoms with Crippen LogP contribution in [-0.2, 0) is 3.83 Å². The predicted molar refractivity (Wildman–Crippen MR) is 43.6 cm³/mol. The van der Waals surface area contributed by atoms with E-state index in [1.807, 2.05) is 0 Å². The molecule has 0 unspecified atom stereocenters. The first-order chi connectivity index (χ1) is 5.24. The lowest BCUT2D eigenvalue weighted by Crippen LogP contribution is -2.00. The molecule has 0 fully saturated rings. The number of rotatable bonds is 1. The number of aromatic nitrogens is 1. The second-order valence-electron chi connectivity index (χ2n) is 1.71. The monoisotopic (exact) mass is 235 g/mol. The van der Waals surface area contributed by atoms with E-state index < -0.39 is 5.97 Å². The summed E-state index contributed by atoms with van der Waals surface area (Å²) in [7, 11) is 0. The molecule has 1 aromatic rings. The zero-order valence-electron chi connectivity index (χ0n) is 5.25. The van der Waals surface area contributed by atoms with Crippen molar-refractivity contribution < 1.29 is 8.62 Å². The summed E-state index contributed by atoms with van der Waals surface area (Å²) in [5.41, 5.74) is 0.175. The number of carbonyl (C=O) groups is 1. The molecule has 0 amide bonds. The van der Waals surface area contributed by atoms with E-state index in [4.69, 9.17) is 11.6 Å². The molecule has 3 nitrogen and oxygen atoms in total. The van der Waals surface area contributed by atoms with Crippen LogP contribution in [0.2, 0.25) is 5.15 Å². The zero-order valence-corrected chi connectivity index (χ0v) is 7.59. The van der Waals surface area contributed by atoms with Crippen LogP contribution in [-0.4, -0.2) is 11.0 Å². The first kappa shape index (κ1) is 8.49. The predicted octanol–water partition coefficient (Wildman–Crippen LogP) is 2.20. The highest BCUT2D eigenvalue weighted by atomic mass is 79.9. The number of carbonyl (C=O) groups excluding carboxylic acids is 1. The highest BCUT2D eigenvalue weighted by molar-refractivity contribution is 9.06. The first-order valence-corrected chi connectivity index (χ1v) is 3.72. The summed E-state index contributed by atoms with van der Waals surface area (Å²) in [4.78, 5) is 14.5. The maximum atomic E-state index is 10.8. The van der Waals surface area contributed by atoms with Crippen molar-refractivity contribution in [2.45, 2.75) is 0 Å². The van der Waals surface area contributed by atoms with Crippen LogP contribution in [0.1, 0.15) is 10.5 Å². The summed E-state index contributed by atoms with van der Waals surface area (Å²) >= 11 is 8.06. The van der Waals surface area contributed by atoms with Crippen LogP contribution in [0.3, 0.4) is 0 Å². The van der Waals surface area contributed by atoms with Gasteiger partial charge < -0.3 is 3.83 Å². The van der Waals surface area contributed by atoms with Gasteiger partial charge in [0.1, 0.15) is 5.15 Å². The summed E-state index contributed by atoms with van der Waals surface area (Å²) in [6.45, 7) is 0. The Hall–Kier alpha value is -0.610. The maximum Gasteiger partial charge on any atom is 0.368 e. The molecule has 0 saturated carbocycles. The molecule has 0 bridgehead atoms. The quantitative estimate of drug-likeness (QED) is 0.702. The van der Waals surface area contributed by atoms with Crippen LogP contribution in [0.25, 0.3) is 0 Å². The molecule has 1 heterocycles. The van der Waals surface area contributed by atoms with Crippen LogP contribution in [0.15, 0.2) is 18.2 Å². The molecule has 0 aliphatic carbocycles. The third-order valence-corrected chi connectivity index (χ3v) is 1.50. The van der Waals surface area contributed by atoms with E-state index in [2.05, 4.69) is 25.1 Å². The van der Waals surface area contributed by atoms with E-state index >= 15 is 0 Å². The van der Waals surface area contributed by atoms with Gasteiger partial charge in [-0.25, -0.2) is 9.78 Å². The van der Waals surface area contributed by atoms with E-state index in [1.165, 1.54) is 6.07 Å². The van der Waals surface area contributed by atoms with Crippen LogP contribution in [0.4, 0.5) is 0 Å². The second kappa shape index (κ2) is 3.69. The van der Waals surface area contributed by atoms with Crippen LogP contribution >= 0.6 is 27.9 Å². The topological polar surface area (TPSA) is 39.2 Å². The molecular weight excluding hydrogens is 233 g/mol. The van der Waals surface area contributed by atoms with Gasteiger partial charge in [-0.3, -0.25) is 0 Å². The van der Waals surface area contributed by atoms with Gasteiger partial charge in [0.15, 0.2) is 22.0 Å². The van der Waals surface area contributed by atoms with Crippen molar-refractivity contribution in [2.75, 3.05) is 0 Å². The summed E-state index contributed by atoms with van der Waals surface area (Å²) < 4.78 is 4.24. The largest absolute Gasteiger partial charge is 0.379 e. The standard InChI is InChI=1S/C6H3BrClNO2/c7-11-6(10)4-2-1-3-5(8)9-4/h1-3H. The Labute approximate surface area is 76.8 Å². The molecule has 1 aromatic heterocycles. The number of hydrogen-bond acceptors (Lipinski definition) is 3. The Kier molecular flexibility index (Phi) is 2.84. The number of halogens is 2. The average Bonchev–Trinajstić information content (AvgIpc) is 2.03. The summed E-state index contributed by atoms with van der Waals surface area (Å²) in [6, 6.07) is 4.70. The molecule has 0 N–H and O–H groups in total. The van der Waals surface area contributed by atoms with Gasteiger partial charge in [0.05, 0.1) is 0 Å². The van der Waals surface area contributed by atoms with Crippen molar-refractivity contribution in [1.82, 2.24) is 4.98 Å². The maximum absolute atomic E-state index is 10.8. The fraction of sp³-hybridized carbons (Fsp3) is 0. The van der Waals surface area contributed by atoms with Gasteiger partial charge in [0.2, 0.25) is 0 Å². The van der Waals surface area contributed by atoms with Gasteiger partial charge in [-0.1, -0.05) is 17.7 Å². The Morgan fingerprint density at radius 2 is 2.36 bits per heavy atom.